The molecule has 254 valence electrons. The second-order valence-corrected chi connectivity index (χ2v) is 15.3. The minimum atomic E-state index is -0.582. The molecule has 1 aromatic heterocycles. The van der Waals surface area contributed by atoms with Crippen LogP contribution in [0.5, 0.6) is 0 Å². The topological polar surface area (TPSA) is 43.2 Å². The summed E-state index contributed by atoms with van der Waals surface area (Å²) in [5.41, 5.74) is 7.63. The lowest BCUT2D eigenvalue weighted by Gasteiger charge is -2.38. The molecule has 1 atom stereocenters. The van der Waals surface area contributed by atoms with E-state index in [1.54, 1.807) is 11.3 Å². The molecule has 4 nitrogen and oxygen atoms in total. The quantitative estimate of drug-likeness (QED) is 0.195. The number of rotatable bonds is 12. The van der Waals surface area contributed by atoms with Gasteiger partial charge < -0.3 is 9.80 Å². The molecule has 2 saturated carbocycles. The zero-order valence-electron chi connectivity index (χ0n) is 30.4. The smallest absolute Gasteiger partial charge is 0.113 e. The van der Waals surface area contributed by atoms with E-state index in [0.29, 0.717) is 17.8 Å². The largest absolute Gasteiger partial charge is 0.345 e. The van der Waals surface area contributed by atoms with Gasteiger partial charge in [0.05, 0.1) is 10.9 Å². The van der Waals surface area contributed by atoms with Crippen LogP contribution >= 0.6 is 11.3 Å². The fraction of sp³-hybridized carbons (Fsp3) is 0.571. The summed E-state index contributed by atoms with van der Waals surface area (Å²) in [4.78, 5) is 10.6. The van der Waals surface area contributed by atoms with Crippen molar-refractivity contribution in [3.63, 3.8) is 0 Å². The second kappa shape index (κ2) is 17.5. The van der Waals surface area contributed by atoms with Gasteiger partial charge in [0, 0.05) is 24.1 Å². The first-order valence-corrected chi connectivity index (χ1v) is 19.2. The molecular weight excluding hydrogens is 593 g/mol. The molecular formula is C42H60N4S. The Balaban J connectivity index is 0.00000245. The third-order valence-electron chi connectivity index (χ3n) is 10.7. The van der Waals surface area contributed by atoms with Crippen LogP contribution in [0.2, 0.25) is 0 Å². The van der Waals surface area contributed by atoms with Crippen LogP contribution in [0, 0.1) is 30.1 Å². The Bertz CT molecular complexity index is 1470. The van der Waals surface area contributed by atoms with Crippen molar-refractivity contribution < 1.29 is 0 Å². The fourth-order valence-electron chi connectivity index (χ4n) is 7.50. The lowest BCUT2D eigenvalue weighted by Crippen LogP contribution is -2.33. The number of hydrogen-bond acceptors (Lipinski definition) is 5. The maximum atomic E-state index is 10.1. The first kappa shape index (κ1) is 36.9. The Morgan fingerprint density at radius 3 is 2.38 bits per heavy atom. The van der Waals surface area contributed by atoms with Crippen LogP contribution in [0.4, 0.5) is 5.69 Å². The van der Waals surface area contributed by atoms with Gasteiger partial charge in [-0.15, -0.1) is 11.3 Å². The van der Waals surface area contributed by atoms with E-state index in [9.17, 15) is 5.26 Å². The summed E-state index contributed by atoms with van der Waals surface area (Å²) in [6, 6.07) is 18.8. The summed E-state index contributed by atoms with van der Waals surface area (Å²) in [5.74, 6) is 1.92. The number of aryl methyl sites for hydroxylation is 2. The van der Waals surface area contributed by atoms with E-state index in [2.05, 4.69) is 86.3 Å². The molecule has 2 aromatic carbocycles. The first-order valence-electron chi connectivity index (χ1n) is 18.4. The maximum absolute atomic E-state index is 10.1. The van der Waals surface area contributed by atoms with Gasteiger partial charge >= 0.3 is 0 Å². The van der Waals surface area contributed by atoms with Crippen molar-refractivity contribution in [1.29, 1.82) is 5.26 Å². The maximum Gasteiger partial charge on any atom is 0.113 e. The van der Waals surface area contributed by atoms with Crippen molar-refractivity contribution >= 4 is 17.0 Å². The van der Waals surface area contributed by atoms with Crippen molar-refractivity contribution in [3.05, 3.63) is 82.6 Å². The molecule has 0 N–H and O–H groups in total. The van der Waals surface area contributed by atoms with Crippen molar-refractivity contribution in [2.75, 3.05) is 32.1 Å². The number of aromatic nitrogens is 1. The number of anilines is 1. The van der Waals surface area contributed by atoms with Gasteiger partial charge in [0.2, 0.25) is 0 Å². The fourth-order valence-corrected chi connectivity index (χ4v) is 8.54. The molecule has 0 radical (unpaired) electrons. The highest BCUT2D eigenvalue weighted by molar-refractivity contribution is 7.15. The Morgan fingerprint density at radius 1 is 1.02 bits per heavy atom. The normalized spacial score (nSPS) is 19.7. The summed E-state index contributed by atoms with van der Waals surface area (Å²) >= 11 is 1.67. The number of nitrogens with zero attached hydrogens (tertiary/aromatic N) is 4. The van der Waals surface area contributed by atoms with E-state index in [1.165, 1.54) is 91.4 Å². The van der Waals surface area contributed by atoms with Crippen LogP contribution < -0.4 is 4.90 Å². The zero-order chi connectivity index (χ0) is 34.0. The van der Waals surface area contributed by atoms with Gasteiger partial charge in [-0.2, -0.15) is 5.26 Å². The van der Waals surface area contributed by atoms with Crippen molar-refractivity contribution in [2.24, 2.45) is 11.8 Å². The van der Waals surface area contributed by atoms with E-state index >= 15 is 0 Å². The molecule has 2 fully saturated rings. The van der Waals surface area contributed by atoms with Gasteiger partial charge in [0.25, 0.3) is 0 Å². The highest BCUT2D eigenvalue weighted by atomic mass is 32.1. The Morgan fingerprint density at radius 2 is 1.74 bits per heavy atom. The lowest BCUT2D eigenvalue weighted by atomic mass is 9.77. The molecule has 5 heteroatoms. The van der Waals surface area contributed by atoms with Gasteiger partial charge in [-0.05, 0) is 138 Å². The van der Waals surface area contributed by atoms with Gasteiger partial charge in [0.1, 0.15) is 10.4 Å². The van der Waals surface area contributed by atoms with Crippen molar-refractivity contribution in [2.45, 2.75) is 117 Å². The Hall–Kier alpha value is -2.94. The molecule has 0 saturated heterocycles. The summed E-state index contributed by atoms with van der Waals surface area (Å²) in [5, 5.41) is 11.0. The molecule has 0 bridgehead atoms. The van der Waals surface area contributed by atoms with Crippen LogP contribution in [-0.4, -0.2) is 37.1 Å². The van der Waals surface area contributed by atoms with E-state index in [1.807, 2.05) is 27.0 Å². The second-order valence-electron chi connectivity index (χ2n) is 14.3. The summed E-state index contributed by atoms with van der Waals surface area (Å²) in [7, 11) is 4.11. The monoisotopic (exact) mass is 652 g/mol. The molecule has 2 aliphatic rings. The Kier molecular flexibility index (Phi) is 13.7. The van der Waals surface area contributed by atoms with Crippen LogP contribution in [0.15, 0.2) is 60.9 Å². The molecule has 1 unspecified atom stereocenters. The van der Waals surface area contributed by atoms with Gasteiger partial charge in [-0.1, -0.05) is 76.9 Å². The number of nitriles is 1. The summed E-state index contributed by atoms with van der Waals surface area (Å²) in [6.07, 6.45) is 15.4. The average molecular weight is 653 g/mol. The highest BCUT2D eigenvalue weighted by Crippen LogP contribution is 2.41. The van der Waals surface area contributed by atoms with Crippen LogP contribution in [-0.2, 0) is 11.8 Å². The number of allylic oxidation sites excluding steroid dienone is 1. The van der Waals surface area contributed by atoms with E-state index in [4.69, 9.17) is 11.6 Å². The summed E-state index contributed by atoms with van der Waals surface area (Å²) in [6.45, 7) is 17.2. The molecule has 0 amide bonds. The van der Waals surface area contributed by atoms with E-state index in [0.717, 1.165) is 35.8 Å². The van der Waals surface area contributed by atoms with Crippen molar-refractivity contribution in [1.82, 2.24) is 9.88 Å². The third-order valence-corrected chi connectivity index (χ3v) is 12.0. The summed E-state index contributed by atoms with van der Waals surface area (Å²) < 4.78 is 0. The first-order chi connectivity index (χ1) is 22.7. The van der Waals surface area contributed by atoms with Crippen LogP contribution in [0.3, 0.4) is 0 Å². The third kappa shape index (κ3) is 9.36. The van der Waals surface area contributed by atoms with E-state index in [-0.39, 0.29) is 0 Å². The van der Waals surface area contributed by atoms with E-state index < -0.39 is 5.41 Å². The minimum absolute atomic E-state index is 0.571. The molecule has 2 aliphatic carbocycles. The standard InChI is InChI=1S/C40H54N4S.C2H6/c1-7-32-20-21-35(24-29(32)2)34-18-16-31(17-19-34)27-44(30(3)33-12-9-8-10-13-33)37-15-11-14-36(25-37)38-26-42-39(45-38)40(4,28-41)22-23-43(5)6;1-2/h11,14-15,20-21,24-26,31,33-34H,3,7-10,12-13,16-19,22-23,27H2,1-2,4-6H3;1-2H3. The molecule has 5 rings (SSSR count). The molecule has 47 heavy (non-hydrogen) atoms. The predicted molar refractivity (Wildman–Crippen MR) is 203 cm³/mol. The minimum Gasteiger partial charge on any atom is -0.345 e. The van der Waals surface area contributed by atoms with Gasteiger partial charge in [-0.25, -0.2) is 4.98 Å². The number of hydrogen-bond donors (Lipinski definition) is 0. The van der Waals surface area contributed by atoms with Crippen LogP contribution in [0.1, 0.15) is 120 Å². The molecule has 0 spiro atoms. The molecule has 3 aromatic rings. The van der Waals surface area contributed by atoms with Crippen LogP contribution in [0.25, 0.3) is 10.4 Å². The SMILES string of the molecule is C=C(C1CCCCC1)N(CC1CCC(c2ccc(CC)c(C)c2)CC1)c1cccc(-c2cnc(C(C)(C#N)CCN(C)C)s2)c1.CC. The predicted octanol–water partition coefficient (Wildman–Crippen LogP) is 11.3. The van der Waals surface area contributed by atoms with Gasteiger partial charge in [-0.3, -0.25) is 0 Å². The lowest BCUT2D eigenvalue weighted by molar-refractivity contribution is 0.323. The van der Waals surface area contributed by atoms with Gasteiger partial charge in [0.15, 0.2) is 0 Å². The molecule has 1 heterocycles. The highest BCUT2D eigenvalue weighted by Gasteiger charge is 2.31. The number of thiazole rings is 1. The molecule has 0 aliphatic heterocycles. The van der Waals surface area contributed by atoms with Crippen molar-refractivity contribution in [3.8, 4) is 16.5 Å². The average Bonchev–Trinajstić information content (AvgIpc) is 3.62. The number of benzene rings is 2. The zero-order valence-corrected chi connectivity index (χ0v) is 31.3. The Labute approximate surface area is 290 Å².